The number of aromatic amines is 2. The SMILES string of the molecule is Oc1cncc(-c2ccc3[nH]nc(-c4cc5c(-c6ccncc6)nccc5[nH]4)c3n2)c1. The molecular formula is C23H15N7O. The molecule has 0 fully saturated rings. The zero-order valence-electron chi connectivity index (χ0n) is 16.1. The Hall–Kier alpha value is -4.59. The molecule has 148 valence electrons. The molecule has 0 radical (unpaired) electrons. The molecule has 31 heavy (non-hydrogen) atoms. The minimum atomic E-state index is 0.0959. The molecule has 0 spiro atoms. The summed E-state index contributed by atoms with van der Waals surface area (Å²) in [6.45, 7) is 0. The number of nitrogens with one attached hydrogen (secondary N) is 2. The molecule has 0 atom stereocenters. The van der Waals surface area contributed by atoms with E-state index in [0.717, 1.165) is 44.5 Å². The van der Waals surface area contributed by atoms with Gasteiger partial charge in [0.1, 0.15) is 17.0 Å². The van der Waals surface area contributed by atoms with E-state index in [0.29, 0.717) is 11.4 Å². The molecule has 0 saturated carbocycles. The third-order valence-electron chi connectivity index (χ3n) is 5.18. The number of nitrogens with zero attached hydrogens (tertiary/aromatic N) is 5. The summed E-state index contributed by atoms with van der Waals surface area (Å²) < 4.78 is 0. The van der Waals surface area contributed by atoms with Crippen LogP contribution in [0, 0.1) is 0 Å². The molecule has 6 heterocycles. The molecule has 0 aliphatic rings. The number of pyridine rings is 4. The number of H-pyrrole nitrogens is 2. The Kier molecular flexibility index (Phi) is 3.76. The smallest absolute Gasteiger partial charge is 0.135 e. The van der Waals surface area contributed by atoms with Crippen LogP contribution in [0.15, 0.2) is 73.4 Å². The lowest BCUT2D eigenvalue weighted by Crippen LogP contribution is -1.86. The summed E-state index contributed by atoms with van der Waals surface area (Å²) in [7, 11) is 0. The van der Waals surface area contributed by atoms with Gasteiger partial charge in [-0.3, -0.25) is 20.1 Å². The fourth-order valence-corrected chi connectivity index (χ4v) is 3.74. The summed E-state index contributed by atoms with van der Waals surface area (Å²) in [6.07, 6.45) is 8.36. The Balaban J connectivity index is 1.51. The maximum atomic E-state index is 9.76. The van der Waals surface area contributed by atoms with Crippen molar-refractivity contribution < 1.29 is 5.11 Å². The van der Waals surface area contributed by atoms with Crippen molar-refractivity contribution in [3.8, 4) is 39.7 Å². The molecule has 6 aromatic heterocycles. The van der Waals surface area contributed by atoms with E-state index in [-0.39, 0.29) is 5.75 Å². The third-order valence-corrected chi connectivity index (χ3v) is 5.18. The number of fused-ring (bicyclic) bond motifs is 2. The van der Waals surface area contributed by atoms with Crippen LogP contribution in [0.2, 0.25) is 0 Å². The van der Waals surface area contributed by atoms with Gasteiger partial charge in [0.2, 0.25) is 0 Å². The first-order valence-electron chi connectivity index (χ1n) is 9.64. The van der Waals surface area contributed by atoms with Gasteiger partial charge in [-0.25, -0.2) is 4.98 Å². The molecule has 0 unspecified atom stereocenters. The van der Waals surface area contributed by atoms with Crippen molar-refractivity contribution in [1.29, 1.82) is 0 Å². The average molecular weight is 405 g/mol. The summed E-state index contributed by atoms with van der Waals surface area (Å²) in [5.74, 6) is 0.0959. The topological polar surface area (TPSA) is 116 Å². The number of aromatic hydroxyl groups is 1. The summed E-state index contributed by atoms with van der Waals surface area (Å²) >= 11 is 0. The predicted molar refractivity (Wildman–Crippen MR) is 117 cm³/mol. The Labute approximate surface area is 175 Å². The van der Waals surface area contributed by atoms with Crippen LogP contribution >= 0.6 is 0 Å². The van der Waals surface area contributed by atoms with Gasteiger partial charge < -0.3 is 10.1 Å². The lowest BCUT2D eigenvalue weighted by atomic mass is 10.1. The lowest BCUT2D eigenvalue weighted by molar-refractivity contribution is 0.473. The van der Waals surface area contributed by atoms with Crippen LogP contribution < -0.4 is 0 Å². The normalized spacial score (nSPS) is 11.4. The Bertz CT molecular complexity index is 1550. The van der Waals surface area contributed by atoms with Gasteiger partial charge in [0, 0.05) is 46.8 Å². The van der Waals surface area contributed by atoms with Crippen LogP contribution in [-0.2, 0) is 0 Å². The predicted octanol–water partition coefficient (Wildman–Crippen LogP) is 4.33. The fourth-order valence-electron chi connectivity index (χ4n) is 3.74. The second-order valence-electron chi connectivity index (χ2n) is 7.14. The van der Waals surface area contributed by atoms with E-state index in [1.54, 1.807) is 30.9 Å². The van der Waals surface area contributed by atoms with Crippen LogP contribution in [-0.4, -0.2) is 40.2 Å². The molecule has 0 aliphatic heterocycles. The number of rotatable bonds is 3. The first kappa shape index (κ1) is 17.3. The maximum absolute atomic E-state index is 9.76. The number of hydrogen-bond acceptors (Lipinski definition) is 6. The van der Waals surface area contributed by atoms with Crippen LogP contribution in [0.5, 0.6) is 5.75 Å². The quantitative estimate of drug-likeness (QED) is 0.403. The molecule has 3 N–H and O–H groups in total. The van der Waals surface area contributed by atoms with Crippen LogP contribution in [0.1, 0.15) is 0 Å². The molecule has 8 heteroatoms. The molecule has 0 aliphatic carbocycles. The molecule has 0 saturated heterocycles. The van der Waals surface area contributed by atoms with Gasteiger partial charge in [-0.2, -0.15) is 5.10 Å². The van der Waals surface area contributed by atoms with Crippen molar-refractivity contribution in [3.63, 3.8) is 0 Å². The van der Waals surface area contributed by atoms with E-state index in [9.17, 15) is 5.11 Å². The van der Waals surface area contributed by atoms with Crippen LogP contribution in [0.4, 0.5) is 0 Å². The number of hydrogen-bond donors (Lipinski definition) is 3. The summed E-state index contributed by atoms with van der Waals surface area (Å²) in [4.78, 5) is 20.9. The number of aromatic nitrogens is 7. The van der Waals surface area contributed by atoms with Crippen molar-refractivity contribution in [1.82, 2.24) is 35.1 Å². The molecule has 0 amide bonds. The van der Waals surface area contributed by atoms with Gasteiger partial charge >= 0.3 is 0 Å². The van der Waals surface area contributed by atoms with Crippen molar-refractivity contribution in [2.75, 3.05) is 0 Å². The van der Waals surface area contributed by atoms with Crippen LogP contribution in [0.25, 0.3) is 55.8 Å². The largest absolute Gasteiger partial charge is 0.506 e. The van der Waals surface area contributed by atoms with Gasteiger partial charge in [-0.15, -0.1) is 0 Å². The third kappa shape index (κ3) is 2.89. The van der Waals surface area contributed by atoms with Crippen molar-refractivity contribution in [3.05, 3.63) is 73.4 Å². The molecule has 0 bridgehead atoms. The second-order valence-corrected chi connectivity index (χ2v) is 7.14. The van der Waals surface area contributed by atoms with Gasteiger partial charge in [-0.1, -0.05) is 0 Å². The lowest BCUT2D eigenvalue weighted by Gasteiger charge is -2.01. The average Bonchev–Trinajstić information content (AvgIpc) is 3.43. The highest BCUT2D eigenvalue weighted by atomic mass is 16.3. The van der Waals surface area contributed by atoms with Gasteiger partial charge in [-0.05, 0) is 42.5 Å². The Morgan fingerprint density at radius 3 is 2.55 bits per heavy atom. The van der Waals surface area contributed by atoms with E-state index >= 15 is 0 Å². The molecular weight excluding hydrogens is 390 g/mol. The van der Waals surface area contributed by atoms with Crippen molar-refractivity contribution in [2.45, 2.75) is 0 Å². The monoisotopic (exact) mass is 405 g/mol. The van der Waals surface area contributed by atoms with Gasteiger partial charge in [0.05, 0.1) is 28.8 Å². The highest BCUT2D eigenvalue weighted by Gasteiger charge is 2.16. The zero-order valence-corrected chi connectivity index (χ0v) is 16.1. The molecule has 6 aromatic rings. The summed E-state index contributed by atoms with van der Waals surface area (Å²) in [6, 6.07) is 13.3. The Morgan fingerprint density at radius 2 is 1.68 bits per heavy atom. The van der Waals surface area contributed by atoms with Crippen molar-refractivity contribution >= 4 is 21.9 Å². The van der Waals surface area contributed by atoms with E-state index in [1.807, 2.05) is 36.4 Å². The molecule has 8 nitrogen and oxygen atoms in total. The minimum Gasteiger partial charge on any atom is -0.506 e. The Morgan fingerprint density at radius 1 is 0.774 bits per heavy atom. The van der Waals surface area contributed by atoms with E-state index in [2.05, 4.69) is 30.1 Å². The van der Waals surface area contributed by atoms with Crippen molar-refractivity contribution in [2.24, 2.45) is 0 Å². The molecule has 0 aromatic carbocycles. The standard InChI is InChI=1S/C23H15N7O/c31-15-9-14(11-25-12-15)17-1-2-19-22(28-17)23(30-29-19)20-10-16-18(27-20)5-8-26-21(16)13-3-6-24-7-4-13/h1-12,27,31H,(H,29,30). The van der Waals surface area contributed by atoms with Crippen LogP contribution in [0.3, 0.4) is 0 Å². The minimum absolute atomic E-state index is 0.0959. The fraction of sp³-hybridized carbons (Fsp3) is 0. The first-order chi connectivity index (χ1) is 15.3. The maximum Gasteiger partial charge on any atom is 0.135 e. The van der Waals surface area contributed by atoms with E-state index in [4.69, 9.17) is 4.98 Å². The highest BCUT2D eigenvalue weighted by Crippen LogP contribution is 2.33. The van der Waals surface area contributed by atoms with Gasteiger partial charge in [0.15, 0.2) is 0 Å². The molecule has 6 rings (SSSR count). The van der Waals surface area contributed by atoms with Gasteiger partial charge in [0.25, 0.3) is 0 Å². The summed E-state index contributed by atoms with van der Waals surface area (Å²) in [5.41, 5.74) is 7.36. The summed E-state index contributed by atoms with van der Waals surface area (Å²) in [5, 5.41) is 18.3. The van der Waals surface area contributed by atoms with E-state index in [1.165, 1.54) is 6.20 Å². The highest BCUT2D eigenvalue weighted by molar-refractivity contribution is 5.99. The van der Waals surface area contributed by atoms with E-state index < -0.39 is 0 Å². The second kappa shape index (κ2) is 6.74. The first-order valence-corrected chi connectivity index (χ1v) is 9.64. The zero-order chi connectivity index (χ0) is 20.8.